The van der Waals surface area contributed by atoms with Crippen LogP contribution in [0, 0.1) is 17.8 Å². The second-order valence-electron chi connectivity index (χ2n) is 8.65. The normalized spacial score (nSPS) is 36.2. The van der Waals surface area contributed by atoms with Crippen LogP contribution in [0.2, 0.25) is 0 Å². The van der Waals surface area contributed by atoms with Gasteiger partial charge < -0.3 is 15.7 Å². The molecule has 0 radical (unpaired) electrons. The maximum absolute atomic E-state index is 12.5. The standard InChI is InChI=1S/C20H28N2O2/c1-19(24,17-5-3-2-4-6-17)13-21-18(23)22-20-10-14-7-15(11-20)9-16(8-14)12-20/h2-6,14-16,24H,7-13H2,1H3,(H2,21,22,23)/t14?,15?,16?,19-,20?/m1/s1. The van der Waals surface area contributed by atoms with Crippen molar-refractivity contribution in [2.45, 2.75) is 56.6 Å². The molecule has 0 aromatic heterocycles. The number of aliphatic hydroxyl groups is 1. The van der Waals surface area contributed by atoms with Crippen LogP contribution in [0.4, 0.5) is 4.79 Å². The van der Waals surface area contributed by atoms with Gasteiger partial charge in [0.2, 0.25) is 0 Å². The number of hydrogen-bond donors (Lipinski definition) is 3. The molecule has 4 nitrogen and oxygen atoms in total. The van der Waals surface area contributed by atoms with Crippen LogP contribution in [-0.4, -0.2) is 23.2 Å². The molecule has 4 aliphatic carbocycles. The zero-order valence-corrected chi connectivity index (χ0v) is 14.4. The predicted octanol–water partition coefficient (Wildman–Crippen LogP) is 3.16. The molecule has 0 aliphatic heterocycles. The van der Waals surface area contributed by atoms with Crippen molar-refractivity contribution < 1.29 is 9.90 Å². The summed E-state index contributed by atoms with van der Waals surface area (Å²) in [5.74, 6) is 2.43. The van der Waals surface area contributed by atoms with Crippen molar-refractivity contribution in [2.24, 2.45) is 17.8 Å². The average molecular weight is 328 g/mol. The second-order valence-corrected chi connectivity index (χ2v) is 8.65. The summed E-state index contributed by atoms with van der Waals surface area (Å²) in [6.07, 6.45) is 7.52. The Labute approximate surface area is 144 Å². The molecule has 0 unspecified atom stereocenters. The van der Waals surface area contributed by atoms with E-state index in [0.717, 1.165) is 42.6 Å². The Morgan fingerprint density at radius 2 is 1.67 bits per heavy atom. The molecule has 1 atom stereocenters. The molecule has 4 heteroatoms. The highest BCUT2D eigenvalue weighted by Gasteiger charge is 2.51. The molecule has 0 saturated heterocycles. The van der Waals surface area contributed by atoms with Crippen molar-refractivity contribution in [3.63, 3.8) is 0 Å². The van der Waals surface area contributed by atoms with Crippen LogP contribution in [0.5, 0.6) is 0 Å². The minimum Gasteiger partial charge on any atom is -0.384 e. The van der Waals surface area contributed by atoms with Gasteiger partial charge in [-0.05, 0) is 68.8 Å². The van der Waals surface area contributed by atoms with Crippen molar-refractivity contribution in [1.29, 1.82) is 0 Å². The van der Waals surface area contributed by atoms with Gasteiger partial charge in [0.1, 0.15) is 5.60 Å². The van der Waals surface area contributed by atoms with Crippen molar-refractivity contribution in [3.05, 3.63) is 35.9 Å². The summed E-state index contributed by atoms with van der Waals surface area (Å²) in [7, 11) is 0. The van der Waals surface area contributed by atoms with Gasteiger partial charge in [-0.15, -0.1) is 0 Å². The van der Waals surface area contributed by atoms with E-state index < -0.39 is 5.60 Å². The van der Waals surface area contributed by atoms with Gasteiger partial charge in [0.25, 0.3) is 0 Å². The minimum absolute atomic E-state index is 0.0113. The number of carbonyl (C=O) groups excluding carboxylic acids is 1. The fraction of sp³-hybridized carbons (Fsp3) is 0.650. The number of rotatable bonds is 4. The fourth-order valence-electron chi connectivity index (χ4n) is 5.70. The highest BCUT2D eigenvalue weighted by atomic mass is 16.3. The Morgan fingerprint density at radius 3 is 2.21 bits per heavy atom. The van der Waals surface area contributed by atoms with Gasteiger partial charge in [0.15, 0.2) is 0 Å². The number of carbonyl (C=O) groups is 1. The van der Waals surface area contributed by atoms with E-state index in [0.29, 0.717) is 0 Å². The van der Waals surface area contributed by atoms with Gasteiger partial charge in [0.05, 0.1) is 6.54 Å². The lowest BCUT2D eigenvalue weighted by Crippen LogP contribution is -2.62. The average Bonchev–Trinajstić information content (AvgIpc) is 2.52. The van der Waals surface area contributed by atoms with Gasteiger partial charge >= 0.3 is 6.03 Å². The summed E-state index contributed by atoms with van der Waals surface area (Å²) in [5.41, 5.74) is -0.225. The van der Waals surface area contributed by atoms with Gasteiger partial charge in [-0.2, -0.15) is 0 Å². The van der Waals surface area contributed by atoms with E-state index in [1.54, 1.807) is 6.92 Å². The van der Waals surface area contributed by atoms with Crippen LogP contribution in [-0.2, 0) is 5.60 Å². The van der Waals surface area contributed by atoms with E-state index in [-0.39, 0.29) is 18.1 Å². The first-order chi connectivity index (χ1) is 11.4. The van der Waals surface area contributed by atoms with Crippen LogP contribution in [0.15, 0.2) is 30.3 Å². The summed E-state index contributed by atoms with van der Waals surface area (Å²) < 4.78 is 0. The Bertz CT molecular complexity index is 576. The van der Waals surface area contributed by atoms with Gasteiger partial charge in [-0.1, -0.05) is 30.3 Å². The highest BCUT2D eigenvalue weighted by molar-refractivity contribution is 5.75. The summed E-state index contributed by atoms with van der Waals surface area (Å²) in [4.78, 5) is 12.5. The lowest BCUT2D eigenvalue weighted by molar-refractivity contribution is -0.0141. The molecule has 1 aromatic carbocycles. The molecule has 24 heavy (non-hydrogen) atoms. The van der Waals surface area contributed by atoms with E-state index in [1.165, 1.54) is 19.3 Å². The first kappa shape index (κ1) is 15.9. The summed E-state index contributed by atoms with van der Waals surface area (Å²) in [6, 6.07) is 9.37. The zero-order valence-electron chi connectivity index (χ0n) is 14.4. The number of nitrogens with one attached hydrogen (secondary N) is 2. The number of urea groups is 1. The third-order valence-electron chi connectivity index (χ3n) is 6.41. The maximum atomic E-state index is 12.5. The van der Waals surface area contributed by atoms with Crippen LogP contribution in [0.1, 0.15) is 51.0 Å². The van der Waals surface area contributed by atoms with Gasteiger partial charge in [-0.25, -0.2) is 4.79 Å². The molecule has 4 aliphatic rings. The molecular weight excluding hydrogens is 300 g/mol. The van der Waals surface area contributed by atoms with Crippen molar-refractivity contribution in [1.82, 2.24) is 10.6 Å². The van der Waals surface area contributed by atoms with Gasteiger partial charge in [0, 0.05) is 5.54 Å². The van der Waals surface area contributed by atoms with E-state index in [4.69, 9.17) is 0 Å². The molecule has 1 aromatic rings. The topological polar surface area (TPSA) is 61.4 Å². The summed E-state index contributed by atoms with van der Waals surface area (Å²) in [5, 5.41) is 16.8. The second kappa shape index (κ2) is 5.76. The molecule has 3 N–H and O–H groups in total. The zero-order chi connectivity index (χ0) is 16.8. The fourth-order valence-corrected chi connectivity index (χ4v) is 5.70. The van der Waals surface area contributed by atoms with Crippen LogP contribution < -0.4 is 10.6 Å². The summed E-state index contributed by atoms with van der Waals surface area (Å²) >= 11 is 0. The predicted molar refractivity (Wildman–Crippen MR) is 93.5 cm³/mol. The number of hydrogen-bond acceptors (Lipinski definition) is 2. The minimum atomic E-state index is -1.06. The third kappa shape index (κ3) is 3.04. The Kier molecular flexibility index (Phi) is 3.83. The molecule has 4 saturated carbocycles. The summed E-state index contributed by atoms with van der Waals surface area (Å²) in [6.45, 7) is 1.96. The molecule has 5 rings (SSSR count). The Balaban J connectivity index is 1.36. The number of amides is 2. The first-order valence-electron chi connectivity index (χ1n) is 9.28. The first-order valence-corrected chi connectivity index (χ1v) is 9.28. The molecule has 0 heterocycles. The van der Waals surface area contributed by atoms with Crippen LogP contribution in [0.25, 0.3) is 0 Å². The molecule has 4 fully saturated rings. The van der Waals surface area contributed by atoms with E-state index in [2.05, 4.69) is 10.6 Å². The number of benzene rings is 1. The molecule has 4 bridgehead atoms. The van der Waals surface area contributed by atoms with Crippen LogP contribution >= 0.6 is 0 Å². The molecular formula is C20H28N2O2. The maximum Gasteiger partial charge on any atom is 0.315 e. The van der Waals surface area contributed by atoms with Crippen molar-refractivity contribution in [3.8, 4) is 0 Å². The molecule has 130 valence electrons. The molecule has 2 amide bonds. The Hall–Kier alpha value is -1.55. The quantitative estimate of drug-likeness (QED) is 0.795. The van der Waals surface area contributed by atoms with E-state index in [1.807, 2.05) is 30.3 Å². The monoisotopic (exact) mass is 328 g/mol. The SMILES string of the molecule is C[C@@](O)(CNC(=O)NC12CC3CC(CC(C3)C1)C2)c1ccccc1. The third-order valence-corrected chi connectivity index (χ3v) is 6.41. The largest absolute Gasteiger partial charge is 0.384 e. The van der Waals surface area contributed by atoms with Crippen molar-refractivity contribution in [2.75, 3.05) is 6.54 Å². The van der Waals surface area contributed by atoms with Crippen LogP contribution in [0.3, 0.4) is 0 Å². The smallest absolute Gasteiger partial charge is 0.315 e. The van der Waals surface area contributed by atoms with E-state index in [9.17, 15) is 9.90 Å². The highest BCUT2D eigenvalue weighted by Crippen LogP contribution is 2.55. The van der Waals surface area contributed by atoms with E-state index >= 15 is 0 Å². The lowest BCUT2D eigenvalue weighted by Gasteiger charge is -2.56. The lowest BCUT2D eigenvalue weighted by atomic mass is 9.53. The Morgan fingerprint density at radius 1 is 1.12 bits per heavy atom. The van der Waals surface area contributed by atoms with Gasteiger partial charge in [-0.3, -0.25) is 0 Å². The van der Waals surface area contributed by atoms with Crippen molar-refractivity contribution >= 4 is 6.03 Å². The molecule has 0 spiro atoms.